The lowest BCUT2D eigenvalue weighted by Gasteiger charge is -2.22. The lowest BCUT2D eigenvalue weighted by molar-refractivity contribution is 0.0661. The number of ether oxygens (including phenoxy) is 1. The molecule has 4 rings (SSSR count). The van der Waals surface area contributed by atoms with Gasteiger partial charge in [0.25, 0.3) is 5.91 Å². The number of aromatic amines is 1. The summed E-state index contributed by atoms with van der Waals surface area (Å²) in [5.41, 5.74) is 1.72. The van der Waals surface area contributed by atoms with Gasteiger partial charge in [-0.15, -0.1) is 0 Å². The number of rotatable bonds is 3. The fraction of sp³-hybridized carbons (Fsp3) is 0.312. The molecule has 0 radical (unpaired) electrons. The largest absolute Gasteiger partial charge is 0.381 e. The predicted octanol–water partition coefficient (Wildman–Crippen LogP) is 3.02. The molecule has 1 amide bonds. The Bertz CT molecular complexity index is 882. The van der Waals surface area contributed by atoms with Gasteiger partial charge < -0.3 is 10.1 Å². The van der Waals surface area contributed by atoms with Crippen molar-refractivity contribution < 1.29 is 9.53 Å². The first-order valence-corrected chi connectivity index (χ1v) is 8.16. The van der Waals surface area contributed by atoms with Crippen molar-refractivity contribution in [2.45, 2.75) is 18.9 Å². The summed E-state index contributed by atoms with van der Waals surface area (Å²) in [5, 5.41) is 15.2. The minimum atomic E-state index is -0.287. The molecule has 3 heterocycles. The number of nitrogens with zero attached hydrogens (tertiary/aromatic N) is 3. The van der Waals surface area contributed by atoms with Crippen molar-refractivity contribution in [2.75, 3.05) is 18.5 Å². The minimum Gasteiger partial charge on any atom is -0.381 e. The molecule has 8 heteroatoms. The van der Waals surface area contributed by atoms with Crippen LogP contribution in [0.3, 0.4) is 0 Å². The number of carbonyl (C=O) groups is 1. The summed E-state index contributed by atoms with van der Waals surface area (Å²) in [6, 6.07) is 5.57. The lowest BCUT2D eigenvalue weighted by Crippen LogP contribution is -2.21. The van der Waals surface area contributed by atoms with Crippen molar-refractivity contribution >= 4 is 34.1 Å². The summed E-state index contributed by atoms with van der Waals surface area (Å²) < 4.78 is 7.20. The maximum absolute atomic E-state index is 12.4. The molecule has 1 aliphatic heterocycles. The van der Waals surface area contributed by atoms with E-state index in [1.54, 1.807) is 18.3 Å². The molecule has 7 nitrogen and oxygen atoms in total. The number of fused-ring (bicyclic) bond motifs is 1. The van der Waals surface area contributed by atoms with Crippen LogP contribution in [0.2, 0.25) is 5.02 Å². The molecular weight excluding hydrogens is 330 g/mol. The van der Waals surface area contributed by atoms with Crippen LogP contribution in [0.5, 0.6) is 0 Å². The number of hydrogen-bond acceptors (Lipinski definition) is 4. The van der Waals surface area contributed by atoms with Crippen LogP contribution >= 0.6 is 11.6 Å². The number of carbonyl (C=O) groups excluding carboxylic acids is 1. The van der Waals surface area contributed by atoms with E-state index in [-0.39, 0.29) is 11.9 Å². The van der Waals surface area contributed by atoms with Crippen molar-refractivity contribution in [3.8, 4) is 0 Å². The number of anilines is 1. The second-order valence-corrected chi connectivity index (χ2v) is 6.11. The molecule has 0 atom stereocenters. The summed E-state index contributed by atoms with van der Waals surface area (Å²) in [7, 11) is 0. The van der Waals surface area contributed by atoms with Crippen LogP contribution in [-0.4, -0.2) is 39.1 Å². The fourth-order valence-electron chi connectivity index (χ4n) is 2.88. The smallest absolute Gasteiger partial charge is 0.276 e. The van der Waals surface area contributed by atoms with Gasteiger partial charge in [-0.2, -0.15) is 10.2 Å². The highest BCUT2D eigenvalue weighted by Gasteiger charge is 2.19. The van der Waals surface area contributed by atoms with Crippen molar-refractivity contribution in [3.05, 3.63) is 41.3 Å². The predicted molar refractivity (Wildman–Crippen MR) is 90.4 cm³/mol. The lowest BCUT2D eigenvalue weighted by atomic mass is 10.1. The Balaban J connectivity index is 1.53. The summed E-state index contributed by atoms with van der Waals surface area (Å²) in [4.78, 5) is 12.4. The second kappa shape index (κ2) is 6.26. The molecule has 0 spiro atoms. The Labute approximate surface area is 142 Å². The SMILES string of the molecule is O=C(Nc1ccc2[nH]ncc2c1Cl)c1ccn(C2CCOCC2)n1. The summed E-state index contributed by atoms with van der Waals surface area (Å²) >= 11 is 6.33. The number of hydrogen-bond donors (Lipinski definition) is 2. The van der Waals surface area contributed by atoms with Crippen molar-refractivity contribution in [2.24, 2.45) is 0 Å². The van der Waals surface area contributed by atoms with Crippen LogP contribution < -0.4 is 5.32 Å². The molecule has 1 saturated heterocycles. The average molecular weight is 346 g/mol. The van der Waals surface area contributed by atoms with Crippen LogP contribution in [-0.2, 0) is 4.74 Å². The summed E-state index contributed by atoms with van der Waals surface area (Å²) in [6.45, 7) is 1.46. The van der Waals surface area contributed by atoms with Gasteiger partial charge in [-0.25, -0.2) is 0 Å². The molecule has 0 bridgehead atoms. The first-order chi connectivity index (χ1) is 11.7. The fourth-order valence-corrected chi connectivity index (χ4v) is 3.14. The second-order valence-electron chi connectivity index (χ2n) is 5.74. The van der Waals surface area contributed by atoms with Gasteiger partial charge >= 0.3 is 0 Å². The molecule has 24 heavy (non-hydrogen) atoms. The third-order valence-corrected chi connectivity index (χ3v) is 4.62. The summed E-state index contributed by atoms with van der Waals surface area (Å²) in [5.74, 6) is -0.287. The zero-order chi connectivity index (χ0) is 16.5. The van der Waals surface area contributed by atoms with E-state index in [1.807, 2.05) is 16.9 Å². The molecule has 0 saturated carbocycles. The number of aromatic nitrogens is 4. The number of nitrogens with one attached hydrogen (secondary N) is 2. The van der Waals surface area contributed by atoms with Gasteiger partial charge in [-0.05, 0) is 31.0 Å². The number of halogens is 1. The van der Waals surface area contributed by atoms with Crippen LogP contribution in [0, 0.1) is 0 Å². The van der Waals surface area contributed by atoms with Crippen LogP contribution in [0.25, 0.3) is 10.9 Å². The molecule has 3 aromatic rings. The Morgan fingerprint density at radius 3 is 3.00 bits per heavy atom. The number of benzene rings is 1. The van der Waals surface area contributed by atoms with Crippen molar-refractivity contribution in [3.63, 3.8) is 0 Å². The molecule has 124 valence electrons. The van der Waals surface area contributed by atoms with Crippen LogP contribution in [0.4, 0.5) is 5.69 Å². The van der Waals surface area contributed by atoms with E-state index < -0.39 is 0 Å². The molecule has 0 aliphatic carbocycles. The van der Waals surface area contributed by atoms with Crippen molar-refractivity contribution in [1.29, 1.82) is 0 Å². The monoisotopic (exact) mass is 345 g/mol. The van der Waals surface area contributed by atoms with Gasteiger partial charge in [0, 0.05) is 24.8 Å². The van der Waals surface area contributed by atoms with Gasteiger partial charge in [0.1, 0.15) is 0 Å². The number of H-pyrrole nitrogens is 1. The Morgan fingerprint density at radius 2 is 2.17 bits per heavy atom. The Kier molecular flexibility index (Phi) is 3.95. The first kappa shape index (κ1) is 15.2. The van der Waals surface area contributed by atoms with Crippen LogP contribution in [0.1, 0.15) is 29.4 Å². The van der Waals surface area contributed by atoms with E-state index >= 15 is 0 Å². The maximum atomic E-state index is 12.4. The molecule has 1 fully saturated rings. The third-order valence-electron chi connectivity index (χ3n) is 4.21. The van der Waals surface area contributed by atoms with E-state index in [0.717, 1.165) is 37.0 Å². The molecule has 1 aromatic carbocycles. The highest BCUT2D eigenvalue weighted by molar-refractivity contribution is 6.38. The minimum absolute atomic E-state index is 0.283. The molecule has 2 aromatic heterocycles. The maximum Gasteiger partial charge on any atom is 0.276 e. The van der Waals surface area contributed by atoms with Gasteiger partial charge in [-0.3, -0.25) is 14.6 Å². The zero-order valence-electron chi connectivity index (χ0n) is 12.8. The van der Waals surface area contributed by atoms with Gasteiger partial charge in [0.15, 0.2) is 5.69 Å². The Hall–Kier alpha value is -2.38. The quantitative estimate of drug-likeness (QED) is 0.764. The molecule has 2 N–H and O–H groups in total. The Morgan fingerprint density at radius 1 is 1.33 bits per heavy atom. The van der Waals surface area contributed by atoms with Gasteiger partial charge in [-0.1, -0.05) is 11.6 Å². The van der Waals surface area contributed by atoms with E-state index in [4.69, 9.17) is 16.3 Å². The zero-order valence-corrected chi connectivity index (χ0v) is 13.6. The topological polar surface area (TPSA) is 84.8 Å². The van der Waals surface area contributed by atoms with Crippen molar-refractivity contribution in [1.82, 2.24) is 20.0 Å². The summed E-state index contributed by atoms with van der Waals surface area (Å²) in [6.07, 6.45) is 5.29. The van der Waals surface area contributed by atoms with E-state index in [0.29, 0.717) is 16.4 Å². The molecular formula is C16H16ClN5O2. The average Bonchev–Trinajstić information content (AvgIpc) is 3.27. The highest BCUT2D eigenvalue weighted by atomic mass is 35.5. The van der Waals surface area contributed by atoms with E-state index in [9.17, 15) is 4.79 Å². The standard InChI is InChI=1S/C16H16ClN5O2/c17-15-11-9-18-20-12(11)1-2-13(15)19-16(23)14-3-6-22(21-14)10-4-7-24-8-5-10/h1-3,6,9-10H,4-5,7-8H2,(H,18,20)(H,19,23). The molecule has 0 unspecified atom stereocenters. The normalized spacial score (nSPS) is 15.7. The van der Waals surface area contributed by atoms with Crippen LogP contribution in [0.15, 0.2) is 30.6 Å². The van der Waals surface area contributed by atoms with Gasteiger partial charge in [0.05, 0.1) is 28.5 Å². The van der Waals surface area contributed by atoms with E-state index in [2.05, 4.69) is 20.6 Å². The highest BCUT2D eigenvalue weighted by Crippen LogP contribution is 2.30. The third kappa shape index (κ3) is 2.76. The first-order valence-electron chi connectivity index (χ1n) is 7.78. The van der Waals surface area contributed by atoms with E-state index in [1.165, 1.54) is 0 Å². The van der Waals surface area contributed by atoms with Gasteiger partial charge in [0.2, 0.25) is 0 Å². The number of amides is 1. The molecule has 1 aliphatic rings.